The fourth-order valence-electron chi connectivity index (χ4n) is 2.85. The first-order chi connectivity index (χ1) is 13.0. The van der Waals surface area contributed by atoms with Crippen molar-refractivity contribution in [1.29, 1.82) is 5.26 Å². The van der Waals surface area contributed by atoms with Gasteiger partial charge in [0.15, 0.2) is 11.7 Å². The first kappa shape index (κ1) is 19.9. The van der Waals surface area contributed by atoms with Crippen LogP contribution in [-0.4, -0.2) is 31.9 Å². The van der Waals surface area contributed by atoms with Crippen LogP contribution in [0.25, 0.3) is 0 Å². The number of ketones is 1. The van der Waals surface area contributed by atoms with Crippen molar-refractivity contribution < 1.29 is 23.9 Å². The summed E-state index contributed by atoms with van der Waals surface area (Å²) >= 11 is 0. The minimum Gasteiger partial charge on any atom is -0.468 e. The molecule has 0 fully saturated rings. The molecule has 1 atom stereocenters. The smallest absolute Gasteiger partial charge is 0.320 e. The first-order valence-electron chi connectivity index (χ1n) is 8.25. The molecule has 2 rings (SSSR count). The van der Waals surface area contributed by atoms with E-state index >= 15 is 0 Å². The Labute approximate surface area is 157 Å². The van der Waals surface area contributed by atoms with Gasteiger partial charge in [-0.1, -0.05) is 42.5 Å². The molecule has 2 aromatic carbocycles. The van der Waals surface area contributed by atoms with Gasteiger partial charge in [-0.25, -0.2) is 0 Å². The minimum atomic E-state index is -1.29. The van der Waals surface area contributed by atoms with E-state index in [1.54, 1.807) is 54.6 Å². The van der Waals surface area contributed by atoms with Gasteiger partial charge in [0.25, 0.3) is 0 Å². The predicted octanol–water partition coefficient (Wildman–Crippen LogP) is 2.88. The van der Waals surface area contributed by atoms with Gasteiger partial charge in [0, 0.05) is 17.9 Å². The Balaban J connectivity index is 2.45. The Bertz CT molecular complexity index is 836. The molecule has 0 radical (unpaired) electrons. The minimum absolute atomic E-state index is 0.0925. The van der Waals surface area contributed by atoms with E-state index in [9.17, 15) is 14.4 Å². The topological polar surface area (TPSA) is 93.5 Å². The van der Waals surface area contributed by atoms with Crippen LogP contribution >= 0.6 is 0 Å². The number of methoxy groups -OCH3 is 2. The zero-order chi connectivity index (χ0) is 19.8. The third kappa shape index (κ3) is 4.79. The number of carbonyl (C=O) groups is 3. The lowest BCUT2D eigenvalue weighted by Gasteiger charge is -2.23. The lowest BCUT2D eigenvalue weighted by molar-refractivity contribution is -0.159. The molecule has 2 aromatic rings. The summed E-state index contributed by atoms with van der Waals surface area (Å²) in [7, 11) is 2.35. The molecule has 138 valence electrons. The van der Waals surface area contributed by atoms with Crippen LogP contribution in [0.2, 0.25) is 0 Å². The van der Waals surface area contributed by atoms with Crippen molar-refractivity contribution in [2.24, 2.45) is 5.92 Å². The van der Waals surface area contributed by atoms with Gasteiger partial charge >= 0.3 is 11.9 Å². The number of benzene rings is 2. The van der Waals surface area contributed by atoms with Crippen molar-refractivity contribution in [1.82, 2.24) is 0 Å². The quantitative estimate of drug-likeness (QED) is 0.425. The molecule has 0 bridgehead atoms. The van der Waals surface area contributed by atoms with E-state index in [0.29, 0.717) is 16.7 Å². The van der Waals surface area contributed by atoms with E-state index < -0.39 is 23.8 Å². The number of esters is 2. The molecular formula is C21H19NO5. The molecule has 0 aliphatic heterocycles. The van der Waals surface area contributed by atoms with Crippen molar-refractivity contribution in [2.45, 2.75) is 12.3 Å². The summed E-state index contributed by atoms with van der Waals surface area (Å²) < 4.78 is 9.53. The van der Waals surface area contributed by atoms with E-state index in [-0.39, 0.29) is 12.2 Å². The van der Waals surface area contributed by atoms with Crippen LogP contribution in [0.1, 0.15) is 33.8 Å². The molecule has 0 aliphatic rings. The Hall–Kier alpha value is -3.46. The fraction of sp³-hybridized carbons (Fsp3) is 0.238. The van der Waals surface area contributed by atoms with Crippen LogP contribution in [0.3, 0.4) is 0 Å². The number of nitriles is 1. The maximum absolute atomic E-state index is 12.7. The van der Waals surface area contributed by atoms with Crippen LogP contribution < -0.4 is 0 Å². The summed E-state index contributed by atoms with van der Waals surface area (Å²) in [5, 5.41) is 8.97. The van der Waals surface area contributed by atoms with E-state index in [4.69, 9.17) is 14.7 Å². The number of nitrogens with zero attached hydrogens (tertiary/aromatic N) is 1. The van der Waals surface area contributed by atoms with Crippen molar-refractivity contribution in [3.05, 3.63) is 71.3 Å². The second kappa shape index (κ2) is 9.30. The van der Waals surface area contributed by atoms with Gasteiger partial charge in [0.1, 0.15) is 0 Å². The van der Waals surface area contributed by atoms with Crippen molar-refractivity contribution in [2.75, 3.05) is 14.2 Å². The molecule has 0 saturated carbocycles. The summed E-state index contributed by atoms with van der Waals surface area (Å²) in [6.45, 7) is 0. The Kier molecular flexibility index (Phi) is 6.84. The normalized spacial score (nSPS) is 11.3. The maximum atomic E-state index is 12.7. The summed E-state index contributed by atoms with van der Waals surface area (Å²) in [4.78, 5) is 37.3. The lowest BCUT2D eigenvalue weighted by atomic mass is 9.81. The van der Waals surface area contributed by atoms with E-state index in [1.165, 1.54) is 14.2 Å². The zero-order valence-electron chi connectivity index (χ0n) is 15.0. The van der Waals surface area contributed by atoms with Gasteiger partial charge in [-0.2, -0.15) is 5.26 Å². The number of rotatable bonds is 7. The monoisotopic (exact) mass is 365 g/mol. The summed E-state index contributed by atoms with van der Waals surface area (Å²) in [6.07, 6.45) is -0.0925. The lowest BCUT2D eigenvalue weighted by Crippen LogP contribution is -2.33. The SMILES string of the molecule is COC(=O)C(C(=O)OC)[C@H](CC(=O)c1ccccc1)c1ccc(C#N)cc1. The molecule has 6 heteroatoms. The van der Waals surface area contributed by atoms with Crippen molar-refractivity contribution in [3.8, 4) is 6.07 Å². The largest absolute Gasteiger partial charge is 0.468 e. The number of Topliss-reactive ketones (excluding diaryl/α,β-unsaturated/α-hetero) is 1. The van der Waals surface area contributed by atoms with Crippen LogP contribution in [0.5, 0.6) is 0 Å². The molecule has 6 nitrogen and oxygen atoms in total. The highest BCUT2D eigenvalue weighted by Crippen LogP contribution is 2.32. The second-order valence-corrected chi connectivity index (χ2v) is 5.86. The predicted molar refractivity (Wildman–Crippen MR) is 96.8 cm³/mol. The van der Waals surface area contributed by atoms with Crippen LogP contribution in [0.15, 0.2) is 54.6 Å². The van der Waals surface area contributed by atoms with Crippen molar-refractivity contribution >= 4 is 17.7 Å². The van der Waals surface area contributed by atoms with Crippen LogP contribution in [0.4, 0.5) is 0 Å². The molecule has 27 heavy (non-hydrogen) atoms. The highest BCUT2D eigenvalue weighted by molar-refractivity contribution is 6.00. The fourth-order valence-corrected chi connectivity index (χ4v) is 2.85. The summed E-state index contributed by atoms with van der Waals surface area (Å²) in [6, 6.07) is 17.0. The summed E-state index contributed by atoms with van der Waals surface area (Å²) in [5.74, 6) is -3.86. The third-order valence-electron chi connectivity index (χ3n) is 4.28. The van der Waals surface area contributed by atoms with E-state index in [2.05, 4.69) is 0 Å². The van der Waals surface area contributed by atoms with E-state index in [0.717, 1.165) is 0 Å². The molecule has 0 amide bonds. The van der Waals surface area contributed by atoms with Gasteiger partial charge in [0.2, 0.25) is 0 Å². The summed E-state index contributed by atoms with van der Waals surface area (Å²) in [5.41, 5.74) is 1.48. The standard InChI is InChI=1S/C21H19NO5/c1-26-20(24)19(21(25)27-2)17(15-10-8-14(13-22)9-11-15)12-18(23)16-6-4-3-5-7-16/h3-11,17,19H,12H2,1-2H3/t17-/m1/s1. The third-order valence-corrected chi connectivity index (χ3v) is 4.28. The van der Waals surface area contributed by atoms with Crippen molar-refractivity contribution in [3.63, 3.8) is 0 Å². The van der Waals surface area contributed by atoms with Crippen LogP contribution in [0, 0.1) is 17.2 Å². The Morgan fingerprint density at radius 2 is 1.48 bits per heavy atom. The van der Waals surface area contributed by atoms with Gasteiger partial charge in [-0.3, -0.25) is 14.4 Å². The highest BCUT2D eigenvalue weighted by atomic mass is 16.5. The molecule has 0 saturated heterocycles. The number of hydrogen-bond acceptors (Lipinski definition) is 6. The van der Waals surface area contributed by atoms with Gasteiger partial charge in [0.05, 0.1) is 25.9 Å². The Morgan fingerprint density at radius 1 is 0.926 bits per heavy atom. The molecule has 0 aliphatic carbocycles. The van der Waals surface area contributed by atoms with Crippen LogP contribution in [-0.2, 0) is 19.1 Å². The Morgan fingerprint density at radius 3 is 1.96 bits per heavy atom. The molecule has 0 unspecified atom stereocenters. The zero-order valence-corrected chi connectivity index (χ0v) is 15.0. The van der Waals surface area contributed by atoms with Gasteiger partial charge in [-0.15, -0.1) is 0 Å². The highest BCUT2D eigenvalue weighted by Gasteiger charge is 2.39. The molecule has 0 spiro atoms. The second-order valence-electron chi connectivity index (χ2n) is 5.86. The van der Waals surface area contributed by atoms with Gasteiger partial charge < -0.3 is 9.47 Å². The average Bonchev–Trinajstić information content (AvgIpc) is 2.73. The molecular weight excluding hydrogens is 346 g/mol. The first-order valence-corrected chi connectivity index (χ1v) is 8.25. The number of hydrogen-bond donors (Lipinski definition) is 0. The molecule has 0 N–H and O–H groups in total. The molecule has 0 aromatic heterocycles. The average molecular weight is 365 g/mol. The van der Waals surface area contributed by atoms with E-state index in [1.807, 2.05) is 6.07 Å². The maximum Gasteiger partial charge on any atom is 0.320 e. The number of ether oxygens (including phenoxy) is 2. The molecule has 0 heterocycles. The number of carbonyl (C=O) groups excluding carboxylic acids is 3. The van der Waals surface area contributed by atoms with Gasteiger partial charge in [-0.05, 0) is 17.7 Å².